The van der Waals surface area contributed by atoms with Crippen LogP contribution in [0.25, 0.3) is 0 Å². The molecule has 0 unspecified atom stereocenters. The molecule has 1 heterocycles. The predicted octanol–water partition coefficient (Wildman–Crippen LogP) is 3.42. The fourth-order valence-corrected chi connectivity index (χ4v) is 2.80. The van der Waals surface area contributed by atoms with Crippen LogP contribution in [0.5, 0.6) is 0 Å². The molecular weight excluding hydrogens is 242 g/mol. The van der Waals surface area contributed by atoms with Gasteiger partial charge in [0.25, 0.3) is 0 Å². The van der Waals surface area contributed by atoms with Crippen molar-refractivity contribution in [3.63, 3.8) is 0 Å². The summed E-state index contributed by atoms with van der Waals surface area (Å²) in [6.45, 7) is 4.82. The Bertz CT molecular complexity index is 591. The van der Waals surface area contributed by atoms with Crippen LogP contribution in [0.15, 0.2) is 40.3 Å². The van der Waals surface area contributed by atoms with E-state index < -0.39 is 0 Å². The van der Waals surface area contributed by atoms with Crippen LogP contribution in [-0.2, 0) is 6.54 Å². The van der Waals surface area contributed by atoms with Crippen molar-refractivity contribution < 1.29 is 0 Å². The second-order valence-corrected chi connectivity index (χ2v) is 5.12. The number of hydrogen-bond donors (Lipinski definition) is 1. The van der Waals surface area contributed by atoms with Crippen LogP contribution in [0.2, 0.25) is 0 Å². The van der Waals surface area contributed by atoms with Crippen LogP contribution >= 0.6 is 11.8 Å². The number of anilines is 1. The van der Waals surface area contributed by atoms with Gasteiger partial charge in [0, 0.05) is 11.4 Å². The van der Waals surface area contributed by atoms with Crippen LogP contribution in [0.4, 0.5) is 5.69 Å². The maximum Gasteiger partial charge on any atom is 0.123 e. The van der Waals surface area contributed by atoms with Crippen LogP contribution in [0, 0.1) is 18.3 Å². The van der Waals surface area contributed by atoms with Gasteiger partial charge in [-0.05, 0) is 32.0 Å². The standard InChI is InChI=1S/C14H15N3S/c1-3-17-11(9-15)8-13(16)14(17)18-12-6-4-10(2)5-7-12/h4-8H,3,16H2,1-2H3. The van der Waals surface area contributed by atoms with E-state index in [0.29, 0.717) is 11.4 Å². The molecule has 0 aliphatic rings. The third-order valence-corrected chi connectivity index (χ3v) is 3.90. The molecule has 3 nitrogen and oxygen atoms in total. The van der Waals surface area contributed by atoms with E-state index in [4.69, 9.17) is 11.0 Å². The maximum atomic E-state index is 9.05. The lowest BCUT2D eigenvalue weighted by Crippen LogP contribution is -1.99. The normalized spacial score (nSPS) is 10.3. The molecule has 0 fully saturated rings. The number of nitrogens with two attached hydrogens (primary N) is 1. The third kappa shape index (κ3) is 2.36. The van der Waals surface area contributed by atoms with E-state index in [1.807, 2.05) is 11.5 Å². The molecular formula is C14H15N3S. The van der Waals surface area contributed by atoms with E-state index >= 15 is 0 Å². The third-order valence-electron chi connectivity index (χ3n) is 2.74. The molecule has 2 N–H and O–H groups in total. The number of aryl methyl sites for hydroxylation is 1. The number of nitriles is 1. The molecule has 0 saturated heterocycles. The maximum absolute atomic E-state index is 9.05. The Kier molecular flexibility index (Phi) is 3.63. The van der Waals surface area contributed by atoms with Crippen molar-refractivity contribution in [1.82, 2.24) is 4.57 Å². The highest BCUT2D eigenvalue weighted by molar-refractivity contribution is 7.99. The topological polar surface area (TPSA) is 54.7 Å². The van der Waals surface area contributed by atoms with Gasteiger partial charge in [0.1, 0.15) is 16.8 Å². The minimum absolute atomic E-state index is 0.615. The number of aromatic nitrogens is 1. The number of nitrogen functional groups attached to an aromatic ring is 1. The summed E-state index contributed by atoms with van der Waals surface area (Å²) in [5.74, 6) is 0. The van der Waals surface area contributed by atoms with Crippen molar-refractivity contribution >= 4 is 17.4 Å². The Labute approximate surface area is 111 Å². The Morgan fingerprint density at radius 2 is 2.00 bits per heavy atom. The molecule has 1 aromatic carbocycles. The molecule has 0 saturated carbocycles. The highest BCUT2D eigenvalue weighted by Crippen LogP contribution is 2.34. The molecule has 2 rings (SSSR count). The van der Waals surface area contributed by atoms with Crippen LogP contribution in [-0.4, -0.2) is 4.57 Å². The van der Waals surface area contributed by atoms with Crippen molar-refractivity contribution in [3.05, 3.63) is 41.6 Å². The van der Waals surface area contributed by atoms with Gasteiger partial charge in [-0.15, -0.1) is 0 Å². The molecule has 0 spiro atoms. The second-order valence-electron chi connectivity index (χ2n) is 4.06. The Morgan fingerprint density at radius 3 is 2.56 bits per heavy atom. The van der Waals surface area contributed by atoms with Gasteiger partial charge in [-0.1, -0.05) is 29.5 Å². The SMILES string of the molecule is CCn1c(C#N)cc(N)c1Sc1ccc(C)cc1. The zero-order chi connectivity index (χ0) is 13.1. The van der Waals surface area contributed by atoms with Gasteiger partial charge in [0.05, 0.1) is 5.69 Å². The lowest BCUT2D eigenvalue weighted by molar-refractivity contribution is 0.695. The minimum Gasteiger partial charge on any atom is -0.397 e. The fourth-order valence-electron chi connectivity index (χ4n) is 1.79. The molecule has 0 atom stereocenters. The van der Waals surface area contributed by atoms with E-state index in [1.165, 1.54) is 5.56 Å². The lowest BCUT2D eigenvalue weighted by atomic mass is 10.2. The van der Waals surface area contributed by atoms with Crippen molar-refractivity contribution in [2.24, 2.45) is 0 Å². The Balaban J connectivity index is 2.37. The van der Waals surface area contributed by atoms with E-state index in [2.05, 4.69) is 37.3 Å². The molecule has 92 valence electrons. The van der Waals surface area contributed by atoms with Crippen LogP contribution in [0.1, 0.15) is 18.2 Å². The first-order valence-corrected chi connectivity index (χ1v) is 6.61. The van der Waals surface area contributed by atoms with E-state index in [9.17, 15) is 0 Å². The van der Waals surface area contributed by atoms with Crippen LogP contribution in [0.3, 0.4) is 0 Å². The summed E-state index contributed by atoms with van der Waals surface area (Å²) in [4.78, 5) is 1.13. The quantitative estimate of drug-likeness (QED) is 0.916. The second kappa shape index (κ2) is 5.19. The Morgan fingerprint density at radius 1 is 1.33 bits per heavy atom. The van der Waals surface area contributed by atoms with Gasteiger partial charge in [0.2, 0.25) is 0 Å². The molecule has 2 aromatic rings. The summed E-state index contributed by atoms with van der Waals surface area (Å²) in [6, 6.07) is 12.2. The number of benzene rings is 1. The largest absolute Gasteiger partial charge is 0.397 e. The van der Waals surface area contributed by atoms with Gasteiger partial charge < -0.3 is 10.3 Å². The van der Waals surface area contributed by atoms with Gasteiger partial charge in [0.15, 0.2) is 0 Å². The van der Waals surface area contributed by atoms with Gasteiger partial charge in [-0.3, -0.25) is 0 Å². The zero-order valence-corrected chi connectivity index (χ0v) is 11.3. The first-order valence-electron chi connectivity index (χ1n) is 5.79. The molecule has 0 aliphatic heterocycles. The van der Waals surface area contributed by atoms with Crippen molar-refractivity contribution in [2.45, 2.75) is 30.3 Å². The average molecular weight is 257 g/mol. The van der Waals surface area contributed by atoms with Gasteiger partial charge in [-0.25, -0.2) is 0 Å². The number of hydrogen-bond acceptors (Lipinski definition) is 3. The van der Waals surface area contributed by atoms with E-state index in [1.54, 1.807) is 17.8 Å². The van der Waals surface area contributed by atoms with Crippen molar-refractivity contribution in [2.75, 3.05) is 5.73 Å². The molecule has 1 aromatic heterocycles. The molecule has 4 heteroatoms. The number of nitrogens with zero attached hydrogens (tertiary/aromatic N) is 2. The summed E-state index contributed by atoms with van der Waals surface area (Å²) in [5, 5.41) is 10.00. The summed E-state index contributed by atoms with van der Waals surface area (Å²) in [6.07, 6.45) is 0. The zero-order valence-electron chi connectivity index (χ0n) is 10.5. The highest BCUT2D eigenvalue weighted by atomic mass is 32.2. The smallest absolute Gasteiger partial charge is 0.123 e. The minimum atomic E-state index is 0.615. The molecule has 0 aliphatic carbocycles. The fraction of sp³-hybridized carbons (Fsp3) is 0.214. The molecule has 18 heavy (non-hydrogen) atoms. The average Bonchev–Trinajstić information content (AvgIpc) is 2.68. The summed E-state index contributed by atoms with van der Waals surface area (Å²) in [7, 11) is 0. The highest BCUT2D eigenvalue weighted by Gasteiger charge is 2.12. The molecule has 0 radical (unpaired) electrons. The van der Waals surface area contributed by atoms with Crippen LogP contribution < -0.4 is 5.73 Å². The first-order chi connectivity index (χ1) is 8.65. The van der Waals surface area contributed by atoms with E-state index in [-0.39, 0.29) is 0 Å². The molecule has 0 bridgehead atoms. The van der Waals surface area contributed by atoms with E-state index in [0.717, 1.165) is 16.5 Å². The first kappa shape index (κ1) is 12.6. The Hall–Kier alpha value is -1.86. The molecule has 0 amide bonds. The summed E-state index contributed by atoms with van der Waals surface area (Å²) < 4.78 is 1.94. The monoisotopic (exact) mass is 257 g/mol. The number of rotatable bonds is 3. The summed E-state index contributed by atoms with van der Waals surface area (Å²) in [5.41, 5.74) is 8.49. The van der Waals surface area contributed by atoms with Crippen molar-refractivity contribution in [1.29, 1.82) is 5.26 Å². The van der Waals surface area contributed by atoms with Gasteiger partial charge in [-0.2, -0.15) is 5.26 Å². The van der Waals surface area contributed by atoms with Gasteiger partial charge >= 0.3 is 0 Å². The summed E-state index contributed by atoms with van der Waals surface area (Å²) >= 11 is 1.60. The predicted molar refractivity (Wildman–Crippen MR) is 74.5 cm³/mol. The van der Waals surface area contributed by atoms with Crippen molar-refractivity contribution in [3.8, 4) is 6.07 Å². The lowest BCUT2D eigenvalue weighted by Gasteiger charge is -2.08.